The normalized spacial score (nSPS) is 10.5. The van der Waals surface area contributed by atoms with Crippen molar-refractivity contribution >= 4 is 0 Å². The first-order valence-electron chi connectivity index (χ1n) is 4.62. The minimum Gasteiger partial charge on any atom is -0.265 e. The maximum Gasteiger partial charge on any atom is 0.181 e. The summed E-state index contributed by atoms with van der Waals surface area (Å²) in [6, 6.07) is 4.30. The molecule has 1 heterocycles. The first-order valence-corrected chi connectivity index (χ1v) is 4.62. The lowest BCUT2D eigenvalue weighted by Crippen LogP contribution is -1.91. The summed E-state index contributed by atoms with van der Waals surface area (Å²) in [5, 5.41) is 6.84. The quantitative estimate of drug-likeness (QED) is 0.744. The molecule has 0 saturated heterocycles. The Balaban J connectivity index is 2.64. The van der Waals surface area contributed by atoms with Gasteiger partial charge in [0.2, 0.25) is 0 Å². The summed E-state index contributed by atoms with van der Waals surface area (Å²) in [6.45, 7) is 6.28. The molecule has 1 N–H and O–H groups in total. The molecule has 0 spiro atoms. The van der Waals surface area contributed by atoms with E-state index in [9.17, 15) is 0 Å². The fourth-order valence-electron chi connectivity index (χ4n) is 1.86. The molecule has 0 aliphatic rings. The topological polar surface area (TPSA) is 41.6 Å². The van der Waals surface area contributed by atoms with Gasteiger partial charge in [-0.1, -0.05) is 17.7 Å². The molecule has 0 fully saturated rings. The molecule has 2 rings (SSSR count). The SMILES string of the molecule is Cc1cc(C)c(-c2nc[nH]n2)c(C)c1. The fourth-order valence-corrected chi connectivity index (χ4v) is 1.86. The summed E-state index contributed by atoms with van der Waals surface area (Å²) < 4.78 is 0. The van der Waals surface area contributed by atoms with Gasteiger partial charge in [0.1, 0.15) is 6.33 Å². The van der Waals surface area contributed by atoms with Crippen molar-refractivity contribution in [3.05, 3.63) is 35.2 Å². The third kappa shape index (κ3) is 1.41. The highest BCUT2D eigenvalue weighted by Crippen LogP contribution is 2.24. The van der Waals surface area contributed by atoms with Crippen molar-refractivity contribution in [1.82, 2.24) is 15.2 Å². The van der Waals surface area contributed by atoms with Gasteiger partial charge < -0.3 is 0 Å². The van der Waals surface area contributed by atoms with Crippen LogP contribution in [0.1, 0.15) is 16.7 Å². The number of rotatable bonds is 1. The van der Waals surface area contributed by atoms with E-state index in [1.165, 1.54) is 16.7 Å². The number of nitrogens with one attached hydrogen (secondary N) is 1. The molecule has 3 nitrogen and oxygen atoms in total. The van der Waals surface area contributed by atoms with Gasteiger partial charge in [0.15, 0.2) is 5.82 Å². The summed E-state index contributed by atoms with van der Waals surface area (Å²) in [6.07, 6.45) is 1.61. The molecule has 0 unspecified atom stereocenters. The van der Waals surface area contributed by atoms with Crippen molar-refractivity contribution < 1.29 is 0 Å². The van der Waals surface area contributed by atoms with Gasteiger partial charge in [-0.25, -0.2) is 4.98 Å². The molecule has 3 heteroatoms. The minimum absolute atomic E-state index is 0.778. The summed E-state index contributed by atoms with van der Waals surface area (Å²) in [7, 11) is 0. The molecule has 0 atom stereocenters. The molecular formula is C11H13N3. The number of H-pyrrole nitrogens is 1. The Kier molecular flexibility index (Phi) is 2.08. The maximum absolute atomic E-state index is 4.17. The fraction of sp³-hybridized carbons (Fsp3) is 0.273. The molecule has 0 radical (unpaired) electrons. The van der Waals surface area contributed by atoms with Crippen molar-refractivity contribution in [3.63, 3.8) is 0 Å². The molecule has 0 bridgehead atoms. The van der Waals surface area contributed by atoms with Gasteiger partial charge >= 0.3 is 0 Å². The summed E-state index contributed by atoms with van der Waals surface area (Å²) in [4.78, 5) is 4.17. The van der Waals surface area contributed by atoms with E-state index in [0.717, 1.165) is 11.4 Å². The minimum atomic E-state index is 0.778. The standard InChI is InChI=1S/C11H13N3/c1-7-4-8(2)10(9(3)5-7)11-12-6-13-14-11/h4-6H,1-3H3,(H,12,13,14). The Morgan fingerprint density at radius 1 is 1.07 bits per heavy atom. The highest BCUT2D eigenvalue weighted by Gasteiger charge is 2.08. The van der Waals surface area contributed by atoms with Gasteiger partial charge in [0.05, 0.1) is 0 Å². The second-order valence-corrected chi connectivity index (χ2v) is 3.60. The van der Waals surface area contributed by atoms with Crippen LogP contribution in [0.2, 0.25) is 0 Å². The van der Waals surface area contributed by atoms with Crippen molar-refractivity contribution in [3.8, 4) is 11.4 Å². The van der Waals surface area contributed by atoms with Crippen LogP contribution < -0.4 is 0 Å². The molecule has 72 valence electrons. The van der Waals surface area contributed by atoms with Crippen LogP contribution >= 0.6 is 0 Å². The third-order valence-electron chi connectivity index (χ3n) is 2.32. The smallest absolute Gasteiger partial charge is 0.181 e. The predicted molar refractivity (Wildman–Crippen MR) is 56.0 cm³/mol. The molecule has 0 saturated carbocycles. The van der Waals surface area contributed by atoms with Gasteiger partial charge in [0.25, 0.3) is 0 Å². The number of aromatic amines is 1. The average Bonchev–Trinajstić information content (AvgIpc) is 2.54. The molecule has 1 aromatic carbocycles. The average molecular weight is 187 g/mol. The number of aryl methyl sites for hydroxylation is 3. The van der Waals surface area contributed by atoms with Crippen LogP contribution in [0.4, 0.5) is 0 Å². The van der Waals surface area contributed by atoms with Crippen molar-refractivity contribution in [2.75, 3.05) is 0 Å². The molecule has 0 aliphatic heterocycles. The zero-order valence-corrected chi connectivity index (χ0v) is 8.63. The zero-order valence-electron chi connectivity index (χ0n) is 8.63. The predicted octanol–water partition coefficient (Wildman–Crippen LogP) is 2.40. The van der Waals surface area contributed by atoms with Crippen LogP contribution in [-0.2, 0) is 0 Å². The van der Waals surface area contributed by atoms with E-state index in [1.807, 2.05) is 0 Å². The van der Waals surface area contributed by atoms with E-state index in [0.29, 0.717) is 0 Å². The Labute approximate surface area is 83.2 Å². The van der Waals surface area contributed by atoms with Gasteiger partial charge in [-0.05, 0) is 31.9 Å². The monoisotopic (exact) mass is 187 g/mol. The van der Waals surface area contributed by atoms with E-state index in [2.05, 4.69) is 48.1 Å². The van der Waals surface area contributed by atoms with Gasteiger partial charge in [-0.15, -0.1) is 0 Å². The maximum atomic E-state index is 4.17. The first-order chi connectivity index (χ1) is 6.68. The highest BCUT2D eigenvalue weighted by atomic mass is 15.2. The van der Waals surface area contributed by atoms with Crippen LogP contribution in [0.5, 0.6) is 0 Å². The zero-order chi connectivity index (χ0) is 10.1. The number of benzene rings is 1. The van der Waals surface area contributed by atoms with Crippen LogP contribution in [0.3, 0.4) is 0 Å². The highest BCUT2D eigenvalue weighted by molar-refractivity contribution is 5.64. The largest absolute Gasteiger partial charge is 0.265 e. The molecular weight excluding hydrogens is 174 g/mol. The number of hydrogen-bond acceptors (Lipinski definition) is 2. The number of aromatic nitrogens is 3. The third-order valence-corrected chi connectivity index (χ3v) is 2.32. The lowest BCUT2D eigenvalue weighted by molar-refractivity contribution is 1.09. The summed E-state index contributed by atoms with van der Waals surface area (Å²) >= 11 is 0. The van der Waals surface area contributed by atoms with E-state index in [4.69, 9.17) is 0 Å². The molecule has 2 aromatic rings. The lowest BCUT2D eigenvalue weighted by Gasteiger charge is -2.07. The summed E-state index contributed by atoms with van der Waals surface area (Å²) in [5.41, 5.74) is 4.86. The van der Waals surface area contributed by atoms with Crippen LogP contribution in [0.25, 0.3) is 11.4 Å². The Hall–Kier alpha value is -1.64. The molecule has 1 aromatic heterocycles. The van der Waals surface area contributed by atoms with E-state index < -0.39 is 0 Å². The summed E-state index contributed by atoms with van der Waals surface area (Å²) in [5.74, 6) is 0.778. The van der Waals surface area contributed by atoms with Crippen LogP contribution in [0, 0.1) is 20.8 Å². The lowest BCUT2D eigenvalue weighted by atomic mass is 9.99. The number of hydrogen-bond donors (Lipinski definition) is 1. The Morgan fingerprint density at radius 2 is 1.71 bits per heavy atom. The van der Waals surface area contributed by atoms with Crippen molar-refractivity contribution in [1.29, 1.82) is 0 Å². The van der Waals surface area contributed by atoms with Gasteiger partial charge in [-0.3, -0.25) is 5.10 Å². The molecule has 14 heavy (non-hydrogen) atoms. The van der Waals surface area contributed by atoms with Crippen LogP contribution in [-0.4, -0.2) is 15.2 Å². The van der Waals surface area contributed by atoms with E-state index in [-0.39, 0.29) is 0 Å². The molecule has 0 amide bonds. The second-order valence-electron chi connectivity index (χ2n) is 3.60. The second kappa shape index (κ2) is 3.25. The first kappa shape index (κ1) is 8.94. The van der Waals surface area contributed by atoms with Crippen LogP contribution in [0.15, 0.2) is 18.5 Å². The van der Waals surface area contributed by atoms with E-state index in [1.54, 1.807) is 6.33 Å². The van der Waals surface area contributed by atoms with E-state index >= 15 is 0 Å². The van der Waals surface area contributed by atoms with Gasteiger partial charge in [-0.2, -0.15) is 5.10 Å². The van der Waals surface area contributed by atoms with Crippen molar-refractivity contribution in [2.45, 2.75) is 20.8 Å². The van der Waals surface area contributed by atoms with Crippen molar-refractivity contribution in [2.24, 2.45) is 0 Å². The Bertz CT molecular complexity index is 421. The number of nitrogens with zero attached hydrogens (tertiary/aromatic N) is 2. The Morgan fingerprint density at radius 3 is 2.21 bits per heavy atom. The van der Waals surface area contributed by atoms with Gasteiger partial charge in [0, 0.05) is 5.56 Å². The molecule has 0 aliphatic carbocycles.